The van der Waals surface area contributed by atoms with Gasteiger partial charge in [-0.05, 0) is 55.7 Å². The van der Waals surface area contributed by atoms with E-state index in [1.54, 1.807) is 17.2 Å². The molecular formula is C23H25N6O7P. The van der Waals surface area contributed by atoms with Crippen molar-refractivity contribution in [3.8, 4) is 16.9 Å². The third-order valence-electron chi connectivity index (χ3n) is 6.30. The average molecular weight is 528 g/mol. The molecule has 3 aromatic rings. The quantitative estimate of drug-likeness (QED) is 0.386. The number of aromatic nitrogens is 4. The van der Waals surface area contributed by atoms with Gasteiger partial charge in [-0.2, -0.15) is 0 Å². The number of nitrogens with zero attached hydrogens (tertiary/aromatic N) is 5. The highest BCUT2D eigenvalue weighted by Crippen LogP contribution is 2.44. The molecule has 14 heteroatoms. The molecule has 2 aromatic heterocycles. The van der Waals surface area contributed by atoms with E-state index < -0.39 is 25.6 Å². The van der Waals surface area contributed by atoms with Gasteiger partial charge in [0.25, 0.3) is 0 Å². The first-order valence-corrected chi connectivity index (χ1v) is 13.0. The van der Waals surface area contributed by atoms with Crippen molar-refractivity contribution in [3.63, 3.8) is 0 Å². The summed E-state index contributed by atoms with van der Waals surface area (Å²) in [6, 6.07) is 9.24. The molecule has 2 atom stereocenters. The number of fused-ring (bicyclic) bond motifs is 3. The van der Waals surface area contributed by atoms with Crippen LogP contribution in [-0.2, 0) is 30.6 Å². The van der Waals surface area contributed by atoms with Crippen LogP contribution in [0.5, 0.6) is 0 Å². The average Bonchev–Trinajstić information content (AvgIpc) is 3.52. The molecule has 4 heterocycles. The lowest BCUT2D eigenvalue weighted by Gasteiger charge is -2.22. The van der Waals surface area contributed by atoms with Crippen molar-refractivity contribution in [1.29, 1.82) is 0 Å². The van der Waals surface area contributed by atoms with Gasteiger partial charge in [0.15, 0.2) is 5.82 Å². The Kier molecular flexibility index (Phi) is 6.11. The minimum Gasteiger partial charge on any atom is -0.442 e. The lowest BCUT2D eigenvalue weighted by Crippen LogP contribution is -2.40. The molecule has 1 aromatic carbocycles. The van der Waals surface area contributed by atoms with Crippen LogP contribution >= 0.6 is 7.82 Å². The van der Waals surface area contributed by atoms with E-state index in [0.717, 1.165) is 22.4 Å². The number of carbonyl (C=O) groups excluding carboxylic acids is 2. The van der Waals surface area contributed by atoms with Gasteiger partial charge in [0.05, 0.1) is 24.5 Å². The first-order chi connectivity index (χ1) is 17.4. The zero-order chi connectivity index (χ0) is 26.5. The first-order valence-electron chi connectivity index (χ1n) is 11.4. The number of anilines is 1. The molecule has 1 saturated heterocycles. The maximum Gasteiger partial charge on any atom is 0.470 e. The summed E-state index contributed by atoms with van der Waals surface area (Å²) < 4.78 is 22.9. The number of amides is 2. The second kappa shape index (κ2) is 9.03. The van der Waals surface area contributed by atoms with Crippen molar-refractivity contribution >= 4 is 25.5 Å². The third kappa shape index (κ3) is 4.98. The number of phosphoric acid groups is 1. The van der Waals surface area contributed by atoms with E-state index in [-0.39, 0.29) is 24.2 Å². The monoisotopic (exact) mass is 528 g/mol. The maximum atomic E-state index is 12.5. The van der Waals surface area contributed by atoms with E-state index in [4.69, 9.17) is 19.0 Å². The summed E-state index contributed by atoms with van der Waals surface area (Å²) in [5, 5.41) is 10.7. The fourth-order valence-corrected chi connectivity index (χ4v) is 5.25. The number of rotatable bonds is 7. The predicted molar refractivity (Wildman–Crippen MR) is 130 cm³/mol. The van der Waals surface area contributed by atoms with Crippen LogP contribution in [0, 0.1) is 0 Å². The van der Waals surface area contributed by atoms with Crippen LogP contribution in [0.25, 0.3) is 16.9 Å². The Balaban J connectivity index is 1.33. The molecule has 0 spiro atoms. The van der Waals surface area contributed by atoms with Crippen LogP contribution < -0.4 is 10.2 Å². The lowest BCUT2D eigenvalue weighted by atomic mass is 10.0. The number of ether oxygens (including phenoxy) is 1. The van der Waals surface area contributed by atoms with Crippen LogP contribution in [0.1, 0.15) is 32.0 Å². The minimum absolute atomic E-state index is 0.176. The Labute approximate surface area is 211 Å². The molecule has 194 valence electrons. The summed E-state index contributed by atoms with van der Waals surface area (Å²) in [5.74, 6) is 0.281. The number of phosphoric ester groups is 1. The second-order valence-electron chi connectivity index (χ2n) is 9.39. The number of nitrogens with one attached hydrogen (secondary N) is 1. The number of cyclic esters (lactones) is 1. The van der Waals surface area contributed by atoms with Gasteiger partial charge in [-0.15, -0.1) is 5.10 Å². The fourth-order valence-electron chi connectivity index (χ4n) is 4.57. The minimum atomic E-state index is -4.72. The Hall–Kier alpha value is -3.64. The van der Waals surface area contributed by atoms with E-state index in [2.05, 4.69) is 20.6 Å². The molecule has 1 fully saturated rings. The van der Waals surface area contributed by atoms with Crippen LogP contribution in [-0.4, -0.2) is 60.5 Å². The SMILES string of the molecule is CC(=O)NC[C@@H]1OC(=O)N2c3ccc(-c4ccc(-n5cc(C(C)(C)OP(=O)(O)O)nn5)nc4)cc3C[C@@H]12. The normalized spacial score (nSPS) is 18.9. The Morgan fingerprint density at radius 3 is 2.70 bits per heavy atom. The third-order valence-corrected chi connectivity index (χ3v) is 7.00. The topological polar surface area (TPSA) is 169 Å². The highest BCUT2D eigenvalue weighted by Gasteiger charge is 2.47. The van der Waals surface area contributed by atoms with E-state index in [1.807, 2.05) is 24.3 Å². The molecule has 3 N–H and O–H groups in total. The summed E-state index contributed by atoms with van der Waals surface area (Å²) in [6.45, 7) is 4.66. The van der Waals surface area contributed by atoms with Gasteiger partial charge in [-0.1, -0.05) is 11.3 Å². The number of hydrogen-bond donors (Lipinski definition) is 3. The number of pyridine rings is 1. The molecule has 2 amide bonds. The van der Waals surface area contributed by atoms with Crippen LogP contribution in [0.4, 0.5) is 10.5 Å². The van der Waals surface area contributed by atoms with Crippen molar-refractivity contribution in [2.45, 2.75) is 44.9 Å². The van der Waals surface area contributed by atoms with E-state index >= 15 is 0 Å². The largest absolute Gasteiger partial charge is 0.470 e. The van der Waals surface area contributed by atoms with Crippen molar-refractivity contribution in [3.05, 3.63) is 54.0 Å². The van der Waals surface area contributed by atoms with Gasteiger partial charge < -0.3 is 19.8 Å². The summed E-state index contributed by atoms with van der Waals surface area (Å²) in [4.78, 5) is 48.1. The van der Waals surface area contributed by atoms with E-state index in [1.165, 1.54) is 31.6 Å². The number of benzene rings is 1. The maximum absolute atomic E-state index is 12.5. The Morgan fingerprint density at radius 2 is 2.03 bits per heavy atom. The van der Waals surface area contributed by atoms with Crippen LogP contribution in [0.3, 0.4) is 0 Å². The van der Waals surface area contributed by atoms with Gasteiger partial charge in [-0.25, -0.2) is 19.0 Å². The van der Waals surface area contributed by atoms with Gasteiger partial charge >= 0.3 is 13.9 Å². The smallest absolute Gasteiger partial charge is 0.442 e. The van der Waals surface area contributed by atoms with E-state index in [0.29, 0.717) is 12.2 Å². The molecule has 0 unspecified atom stereocenters. The molecule has 0 aliphatic carbocycles. The molecule has 5 rings (SSSR count). The summed E-state index contributed by atoms with van der Waals surface area (Å²) in [5.41, 5.74) is 2.44. The molecule has 37 heavy (non-hydrogen) atoms. The van der Waals surface area contributed by atoms with Crippen LogP contribution in [0.15, 0.2) is 42.7 Å². The summed E-state index contributed by atoms with van der Waals surface area (Å²) in [7, 11) is -4.72. The highest BCUT2D eigenvalue weighted by atomic mass is 31.2. The molecular weight excluding hydrogens is 503 g/mol. The number of hydrogen-bond acceptors (Lipinski definition) is 8. The van der Waals surface area contributed by atoms with Crippen molar-refractivity contribution in [2.24, 2.45) is 0 Å². The van der Waals surface area contributed by atoms with Crippen molar-refractivity contribution in [2.75, 3.05) is 11.4 Å². The number of carbonyl (C=O) groups is 2. The highest BCUT2D eigenvalue weighted by molar-refractivity contribution is 7.46. The van der Waals surface area contributed by atoms with Gasteiger partial charge in [-0.3, -0.25) is 14.2 Å². The molecule has 13 nitrogen and oxygen atoms in total. The van der Waals surface area contributed by atoms with E-state index in [9.17, 15) is 14.2 Å². The molecule has 2 aliphatic rings. The Bertz CT molecular complexity index is 1420. The fraction of sp³-hybridized carbons (Fsp3) is 0.348. The first kappa shape index (κ1) is 25.0. The molecule has 2 aliphatic heterocycles. The lowest BCUT2D eigenvalue weighted by molar-refractivity contribution is -0.119. The standard InChI is InChI=1S/C23H25N6O7P/c1-13(30)24-11-19-18-9-16-8-14(4-6-17(16)29(18)22(31)35-19)15-5-7-21(25-10-15)28-12-20(26-27-28)23(2,3)36-37(32,33)34/h4-8,10,12,18-19H,9,11H2,1-3H3,(H,24,30)(H2,32,33,34)/t18-,19-/m0/s1. The van der Waals surface area contributed by atoms with Crippen molar-refractivity contribution in [1.82, 2.24) is 25.3 Å². The zero-order valence-electron chi connectivity index (χ0n) is 20.2. The van der Waals surface area contributed by atoms with Crippen molar-refractivity contribution < 1.29 is 33.2 Å². The predicted octanol–water partition coefficient (Wildman–Crippen LogP) is 2.06. The van der Waals surface area contributed by atoms with Gasteiger partial charge in [0.2, 0.25) is 5.91 Å². The second-order valence-corrected chi connectivity index (χ2v) is 10.6. The zero-order valence-corrected chi connectivity index (χ0v) is 21.1. The Morgan fingerprint density at radius 1 is 1.27 bits per heavy atom. The van der Waals surface area contributed by atoms with Gasteiger partial charge in [0.1, 0.15) is 17.4 Å². The van der Waals surface area contributed by atoms with Gasteiger partial charge in [0, 0.05) is 18.7 Å². The molecule has 0 saturated carbocycles. The molecule has 0 radical (unpaired) electrons. The van der Waals surface area contributed by atoms with Crippen LogP contribution in [0.2, 0.25) is 0 Å². The summed E-state index contributed by atoms with van der Waals surface area (Å²) >= 11 is 0. The molecule has 0 bridgehead atoms. The summed E-state index contributed by atoms with van der Waals surface area (Å²) in [6.07, 6.45) is 2.95.